The van der Waals surface area contributed by atoms with Crippen molar-refractivity contribution in [2.45, 2.75) is 32.0 Å². The fourth-order valence-corrected chi connectivity index (χ4v) is 3.68. The molecule has 0 aromatic heterocycles. The molecule has 0 radical (unpaired) electrons. The van der Waals surface area contributed by atoms with E-state index in [2.05, 4.69) is 4.72 Å². The van der Waals surface area contributed by atoms with Crippen LogP contribution >= 0.6 is 0 Å². The van der Waals surface area contributed by atoms with E-state index in [-0.39, 0.29) is 11.7 Å². The molecule has 8 nitrogen and oxygen atoms in total. The van der Waals surface area contributed by atoms with Crippen LogP contribution in [0.25, 0.3) is 0 Å². The maximum absolute atomic E-state index is 12.6. The van der Waals surface area contributed by atoms with Gasteiger partial charge in [0.25, 0.3) is 0 Å². The topological polar surface area (TPSA) is 108 Å². The van der Waals surface area contributed by atoms with Crippen LogP contribution in [0.3, 0.4) is 0 Å². The zero-order chi connectivity index (χ0) is 22.4. The van der Waals surface area contributed by atoms with Gasteiger partial charge in [0.05, 0.1) is 17.9 Å². The number of carbonyl (C=O) groups excluding carboxylic acids is 2. The maximum Gasteiger partial charge on any atom is 0.338 e. The molecule has 2 aromatic carbocycles. The van der Waals surface area contributed by atoms with E-state index < -0.39 is 27.9 Å². The summed E-state index contributed by atoms with van der Waals surface area (Å²) in [6.07, 6.45) is 2.05. The van der Waals surface area contributed by atoms with Gasteiger partial charge in [-0.15, -0.1) is 0 Å². The highest BCUT2D eigenvalue weighted by Crippen LogP contribution is 2.19. The van der Waals surface area contributed by atoms with E-state index in [4.69, 9.17) is 14.2 Å². The van der Waals surface area contributed by atoms with Crippen molar-refractivity contribution in [3.8, 4) is 5.75 Å². The lowest BCUT2D eigenvalue weighted by Crippen LogP contribution is -2.24. The summed E-state index contributed by atoms with van der Waals surface area (Å²) in [5.74, 6) is -0.512. The Balaban J connectivity index is 1.58. The molecule has 0 unspecified atom stereocenters. The minimum absolute atomic E-state index is 0.0623. The van der Waals surface area contributed by atoms with Gasteiger partial charge in [-0.3, -0.25) is 9.52 Å². The quantitative estimate of drug-likeness (QED) is 0.465. The van der Waals surface area contributed by atoms with E-state index in [1.54, 1.807) is 24.3 Å². The molecule has 1 fully saturated rings. The standard InChI is InChI=1S/C22H25NO7S/c1-15(21(24)16-8-10-18(11-9-16)23-31(2,26)27)30-22(25)17-5-3-6-19(13-17)29-14-20-7-4-12-28-20/h3,5-6,8-11,13,15,20,23H,4,7,12,14H2,1-2H3/t15-,20-/m0/s1. The van der Waals surface area contributed by atoms with Crippen molar-refractivity contribution in [1.29, 1.82) is 0 Å². The van der Waals surface area contributed by atoms with Gasteiger partial charge in [0.15, 0.2) is 6.10 Å². The molecule has 0 amide bonds. The average molecular weight is 448 g/mol. The van der Waals surface area contributed by atoms with Gasteiger partial charge in [0, 0.05) is 17.9 Å². The number of carbonyl (C=O) groups is 2. The molecule has 0 spiro atoms. The van der Waals surface area contributed by atoms with Gasteiger partial charge in [0.1, 0.15) is 12.4 Å². The number of hydrogen-bond donors (Lipinski definition) is 1. The fraction of sp³-hybridized carbons (Fsp3) is 0.364. The summed E-state index contributed by atoms with van der Waals surface area (Å²) in [6.45, 7) is 2.64. The molecule has 1 saturated heterocycles. The molecule has 1 aliphatic heterocycles. The van der Waals surface area contributed by atoms with Crippen molar-refractivity contribution >= 4 is 27.5 Å². The maximum atomic E-state index is 12.6. The first-order valence-electron chi connectivity index (χ1n) is 9.89. The number of rotatable bonds is 9. The number of hydrogen-bond acceptors (Lipinski definition) is 7. The number of anilines is 1. The second-order valence-corrected chi connectivity index (χ2v) is 9.09. The number of ether oxygens (including phenoxy) is 3. The van der Waals surface area contributed by atoms with Gasteiger partial charge in [-0.2, -0.15) is 0 Å². The third kappa shape index (κ3) is 6.80. The predicted octanol–water partition coefficient (Wildman–Crippen LogP) is 3.04. The molecule has 1 N–H and O–H groups in total. The van der Waals surface area contributed by atoms with E-state index in [9.17, 15) is 18.0 Å². The minimum atomic E-state index is -3.41. The first-order valence-corrected chi connectivity index (χ1v) is 11.8. The summed E-state index contributed by atoms with van der Waals surface area (Å²) in [7, 11) is -3.41. The highest BCUT2D eigenvalue weighted by molar-refractivity contribution is 7.92. The van der Waals surface area contributed by atoms with Crippen LogP contribution in [-0.4, -0.2) is 51.8 Å². The van der Waals surface area contributed by atoms with Gasteiger partial charge in [-0.25, -0.2) is 13.2 Å². The highest BCUT2D eigenvalue weighted by Gasteiger charge is 2.21. The summed E-state index contributed by atoms with van der Waals surface area (Å²) in [6, 6.07) is 12.5. The summed E-state index contributed by atoms with van der Waals surface area (Å²) >= 11 is 0. The van der Waals surface area contributed by atoms with Crippen molar-refractivity contribution in [2.75, 3.05) is 24.2 Å². The molecule has 166 valence electrons. The van der Waals surface area contributed by atoms with Gasteiger partial charge in [-0.1, -0.05) is 6.07 Å². The number of Topliss-reactive ketones (excluding diaryl/α,β-unsaturated/α-hetero) is 1. The summed E-state index contributed by atoms with van der Waals surface area (Å²) in [5.41, 5.74) is 0.911. The van der Waals surface area contributed by atoms with Crippen LogP contribution in [0.2, 0.25) is 0 Å². The van der Waals surface area contributed by atoms with Crippen LogP contribution in [0.5, 0.6) is 5.75 Å². The Kier molecular flexibility index (Phi) is 7.29. The molecular weight excluding hydrogens is 422 g/mol. The van der Waals surface area contributed by atoms with Crippen LogP contribution in [0.15, 0.2) is 48.5 Å². The minimum Gasteiger partial charge on any atom is -0.491 e. The molecular formula is C22H25NO7S. The summed E-state index contributed by atoms with van der Waals surface area (Å²) < 4.78 is 41.4. The second kappa shape index (κ2) is 9.93. The lowest BCUT2D eigenvalue weighted by molar-refractivity contribution is 0.0318. The lowest BCUT2D eigenvalue weighted by Gasteiger charge is -2.14. The van der Waals surface area contributed by atoms with Crippen LogP contribution in [0.1, 0.15) is 40.5 Å². The number of ketones is 1. The third-order valence-corrected chi connectivity index (χ3v) is 5.26. The number of nitrogens with one attached hydrogen (secondary N) is 1. The third-order valence-electron chi connectivity index (χ3n) is 4.66. The lowest BCUT2D eigenvalue weighted by atomic mass is 10.1. The first-order chi connectivity index (χ1) is 14.7. The SMILES string of the molecule is C[C@H](OC(=O)c1cccc(OC[C@@H]2CCCO2)c1)C(=O)c1ccc(NS(C)(=O)=O)cc1. The Bertz CT molecular complexity index is 1030. The average Bonchev–Trinajstić information content (AvgIpc) is 3.25. The Labute approximate surface area is 181 Å². The molecule has 2 aromatic rings. The zero-order valence-corrected chi connectivity index (χ0v) is 18.2. The molecule has 31 heavy (non-hydrogen) atoms. The van der Waals surface area contributed by atoms with Crippen LogP contribution in [0.4, 0.5) is 5.69 Å². The molecule has 3 rings (SSSR count). The highest BCUT2D eigenvalue weighted by atomic mass is 32.2. The zero-order valence-electron chi connectivity index (χ0n) is 17.4. The molecule has 9 heteroatoms. The Morgan fingerprint density at radius 3 is 2.55 bits per heavy atom. The first kappa shape index (κ1) is 22.8. The summed E-state index contributed by atoms with van der Waals surface area (Å²) in [4.78, 5) is 25.1. The van der Waals surface area contributed by atoms with Crippen molar-refractivity contribution in [2.24, 2.45) is 0 Å². The van der Waals surface area contributed by atoms with E-state index >= 15 is 0 Å². The van der Waals surface area contributed by atoms with Gasteiger partial charge >= 0.3 is 5.97 Å². The second-order valence-electron chi connectivity index (χ2n) is 7.34. The van der Waals surface area contributed by atoms with Gasteiger partial charge in [0.2, 0.25) is 15.8 Å². The fourth-order valence-electron chi connectivity index (χ4n) is 3.11. The van der Waals surface area contributed by atoms with Crippen molar-refractivity contribution in [3.05, 3.63) is 59.7 Å². The van der Waals surface area contributed by atoms with E-state index in [0.717, 1.165) is 25.7 Å². The van der Waals surface area contributed by atoms with E-state index in [1.165, 1.54) is 31.2 Å². The normalized spacial score (nSPS) is 17.0. The van der Waals surface area contributed by atoms with Crippen LogP contribution < -0.4 is 9.46 Å². The smallest absolute Gasteiger partial charge is 0.338 e. The van der Waals surface area contributed by atoms with Crippen LogP contribution in [0, 0.1) is 0 Å². The number of benzene rings is 2. The Hall–Kier alpha value is -2.91. The van der Waals surface area contributed by atoms with Gasteiger partial charge in [-0.05, 0) is 62.2 Å². The Morgan fingerprint density at radius 1 is 1.16 bits per heavy atom. The predicted molar refractivity (Wildman–Crippen MR) is 115 cm³/mol. The van der Waals surface area contributed by atoms with E-state index in [0.29, 0.717) is 23.6 Å². The van der Waals surface area contributed by atoms with Gasteiger partial charge < -0.3 is 14.2 Å². The molecule has 0 saturated carbocycles. The molecule has 0 bridgehead atoms. The van der Waals surface area contributed by atoms with Crippen molar-refractivity contribution < 1.29 is 32.2 Å². The molecule has 2 atom stereocenters. The number of esters is 1. The largest absolute Gasteiger partial charge is 0.491 e. The summed E-state index contributed by atoms with van der Waals surface area (Å²) in [5, 5.41) is 0. The monoisotopic (exact) mass is 447 g/mol. The van der Waals surface area contributed by atoms with Crippen molar-refractivity contribution in [1.82, 2.24) is 0 Å². The van der Waals surface area contributed by atoms with E-state index in [1.807, 2.05) is 0 Å². The van der Waals surface area contributed by atoms with Crippen molar-refractivity contribution in [3.63, 3.8) is 0 Å². The molecule has 1 aliphatic rings. The number of sulfonamides is 1. The van der Waals surface area contributed by atoms with Crippen LogP contribution in [-0.2, 0) is 19.5 Å². The molecule has 1 heterocycles. The Morgan fingerprint density at radius 2 is 1.90 bits per heavy atom. The molecule has 0 aliphatic carbocycles.